The lowest BCUT2D eigenvalue weighted by Crippen LogP contribution is -2.54. The van der Waals surface area contributed by atoms with Crippen molar-refractivity contribution in [2.45, 2.75) is 82.0 Å². The molecule has 1 aromatic heterocycles. The monoisotopic (exact) mass is 531 g/mol. The maximum Gasteiger partial charge on any atom is 0.317 e. The minimum absolute atomic E-state index is 0.00108. The van der Waals surface area contributed by atoms with Crippen molar-refractivity contribution in [2.24, 2.45) is 11.8 Å². The summed E-state index contributed by atoms with van der Waals surface area (Å²) >= 11 is 0. The van der Waals surface area contributed by atoms with Crippen LogP contribution in [0, 0.1) is 11.8 Å². The Bertz CT molecular complexity index is 1010. The average molecular weight is 532 g/mol. The highest BCUT2D eigenvalue weighted by Crippen LogP contribution is 2.42. The van der Waals surface area contributed by atoms with Gasteiger partial charge >= 0.3 is 6.03 Å². The highest BCUT2D eigenvalue weighted by molar-refractivity contribution is 5.81. The van der Waals surface area contributed by atoms with Gasteiger partial charge in [0, 0.05) is 56.3 Å². The number of likely N-dealkylation sites (N-methyl/N-ethyl adjacent to an activating group) is 1. The molecule has 3 atom stereocenters. The van der Waals surface area contributed by atoms with Crippen LogP contribution < -0.4 is 10.6 Å². The van der Waals surface area contributed by atoms with Crippen LogP contribution in [0.5, 0.6) is 0 Å². The van der Waals surface area contributed by atoms with Crippen molar-refractivity contribution < 1.29 is 23.4 Å². The number of amides is 2. The summed E-state index contributed by atoms with van der Waals surface area (Å²) in [5.41, 5.74) is 0.418. The van der Waals surface area contributed by atoms with Crippen LogP contribution in [0.2, 0.25) is 0 Å². The Morgan fingerprint density at radius 1 is 1.24 bits per heavy atom. The van der Waals surface area contributed by atoms with Crippen molar-refractivity contribution in [1.82, 2.24) is 15.5 Å². The number of hydrogen-bond acceptors (Lipinski definition) is 5. The fourth-order valence-electron chi connectivity index (χ4n) is 6.55. The standard InChI is InChI=1S/C30H46FN3O4/c1-32-20-26(19-22-10-12-25(31)13-11-22)33-29(35)34-16-6-8-24(21-34)30(36,15-3-4-17-37-2)27-9-5-7-23-14-18-38-28(23)27/h5,7,9,14,18,22,24-26,32,36H,3-4,6,8,10-13,15-17,19-21H2,1-2H3,(H,33,35)/t22?,24-,25?,26?,30+/m1/s1. The Kier molecular flexibility index (Phi) is 10.4. The van der Waals surface area contributed by atoms with E-state index in [1.165, 1.54) is 0 Å². The molecule has 1 saturated heterocycles. The largest absolute Gasteiger partial charge is 0.464 e. The quantitative estimate of drug-likeness (QED) is 0.321. The summed E-state index contributed by atoms with van der Waals surface area (Å²) in [4.78, 5) is 15.3. The number of carbonyl (C=O) groups is 1. The number of para-hydroxylation sites is 1. The zero-order valence-corrected chi connectivity index (χ0v) is 23.1. The molecule has 7 nitrogen and oxygen atoms in total. The smallest absolute Gasteiger partial charge is 0.317 e. The molecule has 2 aromatic rings. The van der Waals surface area contributed by atoms with Crippen LogP contribution in [0.3, 0.4) is 0 Å². The topological polar surface area (TPSA) is 87.0 Å². The first-order valence-electron chi connectivity index (χ1n) is 14.5. The predicted molar refractivity (Wildman–Crippen MR) is 148 cm³/mol. The number of likely N-dealkylation sites (tertiary alicyclic amines) is 1. The normalized spacial score (nSPS) is 24.7. The second-order valence-electron chi connectivity index (χ2n) is 11.4. The number of halogens is 1. The average Bonchev–Trinajstić information content (AvgIpc) is 3.42. The van der Waals surface area contributed by atoms with Crippen LogP contribution in [0.4, 0.5) is 9.18 Å². The number of ether oxygens (including phenoxy) is 1. The molecule has 1 aromatic carbocycles. The van der Waals surface area contributed by atoms with Crippen molar-refractivity contribution in [1.29, 1.82) is 0 Å². The second kappa shape index (κ2) is 13.8. The molecule has 3 N–H and O–H groups in total. The van der Waals surface area contributed by atoms with Crippen LogP contribution in [-0.2, 0) is 10.3 Å². The van der Waals surface area contributed by atoms with E-state index in [0.717, 1.165) is 61.5 Å². The van der Waals surface area contributed by atoms with Gasteiger partial charge in [0.25, 0.3) is 0 Å². The van der Waals surface area contributed by atoms with Gasteiger partial charge in [0.2, 0.25) is 0 Å². The Balaban J connectivity index is 1.47. The molecule has 0 bridgehead atoms. The van der Waals surface area contributed by atoms with E-state index < -0.39 is 11.8 Å². The molecule has 1 aliphatic carbocycles. The third-order valence-electron chi connectivity index (χ3n) is 8.66. The SMILES string of the molecule is CNCC(CC1CCC(F)CC1)NC(=O)N1CCC[C@@H]([C@@](O)(CCCCOC)c2cccc3ccoc23)C1. The fraction of sp³-hybridized carbons (Fsp3) is 0.700. The second-order valence-corrected chi connectivity index (χ2v) is 11.4. The van der Waals surface area contributed by atoms with E-state index in [1.807, 2.05) is 36.2 Å². The number of aliphatic hydroxyl groups is 1. The number of nitrogens with zero attached hydrogens (tertiary/aromatic N) is 1. The minimum Gasteiger partial charge on any atom is -0.464 e. The molecule has 212 valence electrons. The highest BCUT2D eigenvalue weighted by Gasteiger charge is 2.43. The number of methoxy groups -OCH3 is 1. The molecule has 2 amide bonds. The van der Waals surface area contributed by atoms with Crippen LogP contribution in [-0.4, -0.2) is 68.6 Å². The Morgan fingerprint density at radius 3 is 2.82 bits per heavy atom. The van der Waals surface area contributed by atoms with Crippen LogP contribution in [0.25, 0.3) is 11.0 Å². The summed E-state index contributed by atoms with van der Waals surface area (Å²) in [6.45, 7) is 2.50. The van der Waals surface area contributed by atoms with Crippen LogP contribution in [0.15, 0.2) is 34.9 Å². The van der Waals surface area contributed by atoms with Gasteiger partial charge in [0.05, 0.1) is 11.9 Å². The molecule has 4 rings (SSSR count). The van der Waals surface area contributed by atoms with E-state index in [9.17, 15) is 14.3 Å². The van der Waals surface area contributed by atoms with Crippen LogP contribution >= 0.6 is 0 Å². The van der Waals surface area contributed by atoms with Crippen molar-refractivity contribution in [3.63, 3.8) is 0 Å². The summed E-state index contributed by atoms with van der Waals surface area (Å²) in [5, 5.41) is 19.8. The zero-order valence-electron chi connectivity index (χ0n) is 23.1. The van der Waals surface area contributed by atoms with Crippen molar-refractivity contribution in [2.75, 3.05) is 40.4 Å². The molecule has 0 spiro atoms. The highest BCUT2D eigenvalue weighted by atomic mass is 19.1. The molecular weight excluding hydrogens is 485 g/mol. The number of rotatable bonds is 12. The number of piperidine rings is 1. The summed E-state index contributed by atoms with van der Waals surface area (Å²) in [5.74, 6) is 0.337. The van der Waals surface area contributed by atoms with Gasteiger partial charge in [0.1, 0.15) is 11.8 Å². The number of urea groups is 1. The maximum atomic E-state index is 13.6. The minimum atomic E-state index is -1.11. The summed E-state index contributed by atoms with van der Waals surface area (Å²) in [6, 6.07) is 7.78. The number of carbonyl (C=O) groups excluding carboxylic acids is 1. The number of benzene rings is 1. The third-order valence-corrected chi connectivity index (χ3v) is 8.66. The summed E-state index contributed by atoms with van der Waals surface area (Å²) in [6.07, 6.45) is 8.82. The molecule has 1 saturated carbocycles. The lowest BCUT2D eigenvalue weighted by Gasteiger charge is -2.43. The van der Waals surface area contributed by atoms with E-state index in [1.54, 1.807) is 13.4 Å². The lowest BCUT2D eigenvalue weighted by molar-refractivity contribution is -0.0558. The van der Waals surface area contributed by atoms with E-state index in [-0.39, 0.29) is 18.0 Å². The molecule has 2 aliphatic rings. The van der Waals surface area contributed by atoms with Gasteiger partial charge in [0.15, 0.2) is 0 Å². The van der Waals surface area contributed by atoms with Gasteiger partial charge in [-0.15, -0.1) is 0 Å². The molecule has 2 heterocycles. The van der Waals surface area contributed by atoms with E-state index >= 15 is 0 Å². The predicted octanol–water partition coefficient (Wildman–Crippen LogP) is 5.37. The Hall–Kier alpha value is -2.16. The van der Waals surface area contributed by atoms with Gasteiger partial charge < -0.3 is 29.8 Å². The molecule has 2 fully saturated rings. The summed E-state index contributed by atoms with van der Waals surface area (Å²) in [7, 11) is 3.59. The zero-order chi connectivity index (χ0) is 27.0. The number of fused-ring (bicyclic) bond motifs is 1. The first-order valence-corrected chi connectivity index (χ1v) is 14.5. The first kappa shape index (κ1) is 28.8. The Morgan fingerprint density at radius 2 is 2.05 bits per heavy atom. The molecule has 8 heteroatoms. The number of furan rings is 1. The first-order chi connectivity index (χ1) is 18.4. The number of unbranched alkanes of at least 4 members (excludes halogenated alkanes) is 1. The number of hydrogen-bond donors (Lipinski definition) is 3. The van der Waals surface area contributed by atoms with Crippen molar-refractivity contribution in [3.05, 3.63) is 36.1 Å². The third kappa shape index (κ3) is 7.07. The lowest BCUT2D eigenvalue weighted by atomic mass is 9.73. The molecule has 1 aliphatic heterocycles. The molecule has 1 unspecified atom stereocenters. The van der Waals surface area contributed by atoms with Crippen LogP contribution in [0.1, 0.15) is 69.8 Å². The van der Waals surface area contributed by atoms with Gasteiger partial charge in [-0.1, -0.05) is 18.2 Å². The van der Waals surface area contributed by atoms with E-state index in [4.69, 9.17) is 9.15 Å². The summed E-state index contributed by atoms with van der Waals surface area (Å²) < 4.78 is 24.7. The molecular formula is C30H46FN3O4. The van der Waals surface area contributed by atoms with E-state index in [2.05, 4.69) is 10.6 Å². The molecule has 0 radical (unpaired) electrons. The van der Waals surface area contributed by atoms with Crippen molar-refractivity contribution >= 4 is 17.0 Å². The van der Waals surface area contributed by atoms with Gasteiger partial charge in [-0.2, -0.15) is 0 Å². The van der Waals surface area contributed by atoms with Gasteiger partial charge in [-0.05, 0) is 83.2 Å². The molecule has 38 heavy (non-hydrogen) atoms. The van der Waals surface area contributed by atoms with Crippen molar-refractivity contribution in [3.8, 4) is 0 Å². The van der Waals surface area contributed by atoms with Gasteiger partial charge in [-0.3, -0.25) is 0 Å². The van der Waals surface area contributed by atoms with E-state index in [0.29, 0.717) is 51.4 Å². The maximum absolute atomic E-state index is 13.6. The number of nitrogens with one attached hydrogen (secondary N) is 2. The Labute approximate surface area is 226 Å². The fourth-order valence-corrected chi connectivity index (χ4v) is 6.55. The van der Waals surface area contributed by atoms with Gasteiger partial charge in [-0.25, -0.2) is 9.18 Å². The number of alkyl halides is 1.